The van der Waals surface area contributed by atoms with Gasteiger partial charge in [-0.2, -0.15) is 0 Å². The number of nitrogens with zero attached hydrogens (tertiary/aromatic N) is 2. The Morgan fingerprint density at radius 3 is 2.64 bits per heavy atom. The fourth-order valence-electron chi connectivity index (χ4n) is 1.68. The van der Waals surface area contributed by atoms with Gasteiger partial charge in [0.15, 0.2) is 0 Å². The van der Waals surface area contributed by atoms with Crippen molar-refractivity contribution < 1.29 is 14.3 Å². The van der Waals surface area contributed by atoms with Gasteiger partial charge in [-0.1, -0.05) is 17.7 Å². The molecule has 7 heteroatoms. The molecule has 1 aliphatic heterocycles. The summed E-state index contributed by atoms with van der Waals surface area (Å²) in [4.78, 5) is 26.9. The molecule has 0 unspecified atom stereocenters. The van der Waals surface area contributed by atoms with E-state index in [9.17, 15) is 9.59 Å². The number of hydrogen-bond donors (Lipinski definition) is 1. The van der Waals surface area contributed by atoms with Crippen molar-refractivity contribution in [3.05, 3.63) is 29.0 Å². The molecule has 0 radical (unpaired) electrons. The van der Waals surface area contributed by atoms with E-state index in [1.54, 1.807) is 12.3 Å². The van der Waals surface area contributed by atoms with Gasteiger partial charge in [0, 0.05) is 25.8 Å². The fourth-order valence-corrected chi connectivity index (χ4v) is 1.79. The van der Waals surface area contributed by atoms with Crippen molar-refractivity contribution >= 4 is 24.0 Å². The Labute approximate surface area is 135 Å². The van der Waals surface area contributed by atoms with Crippen molar-refractivity contribution in [1.29, 1.82) is 0 Å². The third-order valence-corrected chi connectivity index (χ3v) is 2.97. The maximum atomic E-state index is 11.5. The second-order valence-corrected chi connectivity index (χ2v) is 6.19. The van der Waals surface area contributed by atoms with Gasteiger partial charge in [-0.05, 0) is 32.4 Å². The number of halogens is 1. The zero-order valence-electron chi connectivity index (χ0n) is 13.1. The van der Waals surface area contributed by atoms with E-state index in [0.29, 0.717) is 24.7 Å². The molecule has 0 atom stereocenters. The molecule has 1 aromatic heterocycles. The number of nitrogens with one attached hydrogen (secondary N) is 1. The summed E-state index contributed by atoms with van der Waals surface area (Å²) in [5, 5.41) is 3.51. The van der Waals surface area contributed by atoms with Crippen LogP contribution in [-0.4, -0.2) is 47.5 Å². The molecule has 2 heterocycles. The van der Waals surface area contributed by atoms with Crippen molar-refractivity contribution in [3.8, 4) is 0 Å². The molecule has 6 nitrogen and oxygen atoms in total. The van der Waals surface area contributed by atoms with Crippen molar-refractivity contribution in [2.75, 3.05) is 19.6 Å². The summed E-state index contributed by atoms with van der Waals surface area (Å²) >= 11 is 5.68. The first kappa shape index (κ1) is 18.4. The Kier molecular flexibility index (Phi) is 7.27. The second kappa shape index (κ2) is 8.70. The summed E-state index contributed by atoms with van der Waals surface area (Å²) in [5.41, 5.74) is 0.691. The van der Waals surface area contributed by atoms with Crippen LogP contribution in [0.15, 0.2) is 18.3 Å². The van der Waals surface area contributed by atoms with Crippen LogP contribution in [0, 0.1) is 0 Å². The average molecular weight is 328 g/mol. The standard InChI is InChI=1S/C10H12ClN3O.C5H10O2/c11-9-2-1-8(5-13-9)7-14-4-3-12-6-10(14)15;1-5(2,3)7-4-6/h1-2,5,12H,3-4,6-7H2;4H,1-3H3. The van der Waals surface area contributed by atoms with Gasteiger partial charge >= 0.3 is 0 Å². The highest BCUT2D eigenvalue weighted by Gasteiger charge is 2.17. The van der Waals surface area contributed by atoms with Gasteiger partial charge in [0.25, 0.3) is 6.47 Å². The summed E-state index contributed by atoms with van der Waals surface area (Å²) in [6, 6.07) is 3.63. The molecule has 1 aliphatic rings. The molecule has 122 valence electrons. The van der Waals surface area contributed by atoms with Gasteiger partial charge in [0.2, 0.25) is 5.91 Å². The zero-order chi connectivity index (χ0) is 16.6. The van der Waals surface area contributed by atoms with Crippen LogP contribution in [0.3, 0.4) is 0 Å². The van der Waals surface area contributed by atoms with Crippen LogP contribution in [0.2, 0.25) is 5.15 Å². The minimum Gasteiger partial charge on any atom is -0.462 e. The van der Waals surface area contributed by atoms with Crippen LogP contribution in [-0.2, 0) is 20.9 Å². The first-order valence-electron chi connectivity index (χ1n) is 7.02. The molecule has 0 aromatic carbocycles. The fraction of sp³-hybridized carbons (Fsp3) is 0.533. The van der Waals surface area contributed by atoms with Gasteiger partial charge in [0.05, 0.1) is 6.54 Å². The molecule has 1 saturated heterocycles. The molecule has 1 fully saturated rings. The molecular weight excluding hydrogens is 306 g/mol. The Balaban J connectivity index is 0.000000295. The number of amides is 1. The number of piperazine rings is 1. The van der Waals surface area contributed by atoms with Gasteiger partial charge in [-0.15, -0.1) is 0 Å². The van der Waals surface area contributed by atoms with E-state index < -0.39 is 0 Å². The Hall–Kier alpha value is -1.66. The predicted molar refractivity (Wildman–Crippen MR) is 84.4 cm³/mol. The maximum Gasteiger partial charge on any atom is 0.293 e. The third kappa shape index (κ3) is 7.38. The lowest BCUT2D eigenvalue weighted by molar-refractivity contribution is -0.138. The minimum atomic E-state index is -0.318. The van der Waals surface area contributed by atoms with Crippen molar-refractivity contribution in [2.24, 2.45) is 0 Å². The topological polar surface area (TPSA) is 71.5 Å². The van der Waals surface area contributed by atoms with Gasteiger partial charge in [-0.3, -0.25) is 9.59 Å². The van der Waals surface area contributed by atoms with Crippen LogP contribution in [0.4, 0.5) is 0 Å². The van der Waals surface area contributed by atoms with E-state index in [0.717, 1.165) is 18.7 Å². The summed E-state index contributed by atoms with van der Waals surface area (Å²) < 4.78 is 4.55. The molecule has 1 aromatic rings. The van der Waals surface area contributed by atoms with Crippen LogP contribution in [0.5, 0.6) is 0 Å². The monoisotopic (exact) mass is 327 g/mol. The van der Waals surface area contributed by atoms with Crippen LogP contribution in [0.1, 0.15) is 26.3 Å². The minimum absolute atomic E-state index is 0.135. The van der Waals surface area contributed by atoms with Crippen LogP contribution < -0.4 is 5.32 Å². The summed E-state index contributed by atoms with van der Waals surface area (Å²) in [6.07, 6.45) is 1.71. The number of pyridine rings is 1. The van der Waals surface area contributed by atoms with E-state index >= 15 is 0 Å². The highest BCUT2D eigenvalue weighted by Crippen LogP contribution is 2.08. The number of hydrogen-bond acceptors (Lipinski definition) is 5. The molecular formula is C15H22ClN3O3. The van der Waals surface area contributed by atoms with Gasteiger partial charge < -0.3 is 15.0 Å². The lowest BCUT2D eigenvalue weighted by atomic mass is 10.2. The first-order chi connectivity index (χ1) is 10.3. The van der Waals surface area contributed by atoms with Crippen LogP contribution >= 0.6 is 11.6 Å². The molecule has 22 heavy (non-hydrogen) atoms. The lowest BCUT2D eigenvalue weighted by Gasteiger charge is -2.27. The second-order valence-electron chi connectivity index (χ2n) is 5.81. The molecule has 2 rings (SSSR count). The molecule has 0 bridgehead atoms. The van der Waals surface area contributed by atoms with E-state index in [4.69, 9.17) is 11.6 Å². The van der Waals surface area contributed by atoms with Crippen molar-refractivity contribution in [1.82, 2.24) is 15.2 Å². The molecule has 0 aliphatic carbocycles. The largest absolute Gasteiger partial charge is 0.462 e. The normalized spacial score (nSPS) is 14.9. The van der Waals surface area contributed by atoms with E-state index in [-0.39, 0.29) is 11.5 Å². The van der Waals surface area contributed by atoms with Crippen molar-refractivity contribution in [3.63, 3.8) is 0 Å². The van der Waals surface area contributed by atoms with Crippen molar-refractivity contribution in [2.45, 2.75) is 32.9 Å². The molecule has 1 amide bonds. The summed E-state index contributed by atoms with van der Waals surface area (Å²) in [5.74, 6) is 0.135. The van der Waals surface area contributed by atoms with E-state index in [1.807, 2.05) is 31.7 Å². The molecule has 1 N–H and O–H groups in total. The molecule has 0 saturated carbocycles. The zero-order valence-corrected chi connectivity index (χ0v) is 13.9. The summed E-state index contributed by atoms with van der Waals surface area (Å²) in [7, 11) is 0. The first-order valence-corrected chi connectivity index (χ1v) is 7.40. The van der Waals surface area contributed by atoms with Gasteiger partial charge in [0.1, 0.15) is 10.8 Å². The SMILES string of the molecule is CC(C)(C)OC=O.O=C1CNCCN1Cc1ccc(Cl)nc1. The number of carbonyl (C=O) groups is 2. The third-order valence-electron chi connectivity index (χ3n) is 2.75. The lowest BCUT2D eigenvalue weighted by Crippen LogP contribution is -2.47. The highest BCUT2D eigenvalue weighted by atomic mass is 35.5. The van der Waals surface area contributed by atoms with E-state index in [1.165, 1.54) is 0 Å². The quantitative estimate of drug-likeness (QED) is 0.675. The Morgan fingerprint density at radius 1 is 1.45 bits per heavy atom. The Morgan fingerprint density at radius 2 is 2.18 bits per heavy atom. The summed E-state index contributed by atoms with van der Waals surface area (Å²) in [6.45, 7) is 8.57. The molecule has 0 spiro atoms. The smallest absolute Gasteiger partial charge is 0.293 e. The Bertz CT molecular complexity index is 486. The average Bonchev–Trinajstić information content (AvgIpc) is 2.43. The van der Waals surface area contributed by atoms with E-state index in [2.05, 4.69) is 15.0 Å². The maximum absolute atomic E-state index is 11.5. The van der Waals surface area contributed by atoms with Crippen LogP contribution in [0.25, 0.3) is 0 Å². The highest BCUT2D eigenvalue weighted by molar-refractivity contribution is 6.29. The number of aromatic nitrogens is 1. The number of ether oxygens (including phenoxy) is 1. The van der Waals surface area contributed by atoms with Gasteiger partial charge in [-0.25, -0.2) is 4.98 Å². The number of carbonyl (C=O) groups excluding carboxylic acids is 2. The number of rotatable bonds is 3. The predicted octanol–water partition coefficient (Wildman–Crippen LogP) is 1.62.